The molecule has 3 aliphatic carbocycles. The number of nitrogens with one attached hydrogen (secondary N) is 1. The van der Waals surface area contributed by atoms with Crippen LogP contribution in [0.15, 0.2) is 12.2 Å². The molecule has 3 rings (SSSR count). The van der Waals surface area contributed by atoms with Crippen molar-refractivity contribution in [3.63, 3.8) is 0 Å². The molecule has 5 atom stereocenters. The van der Waals surface area contributed by atoms with Gasteiger partial charge < -0.3 is 5.32 Å². The molecule has 1 nitrogen and oxygen atoms in total. The van der Waals surface area contributed by atoms with Crippen molar-refractivity contribution in [3.05, 3.63) is 12.2 Å². The van der Waals surface area contributed by atoms with Crippen molar-refractivity contribution >= 4 is 0 Å². The fourth-order valence-corrected chi connectivity index (χ4v) is 4.73. The molecule has 1 heteroatoms. The molecule has 102 valence electrons. The summed E-state index contributed by atoms with van der Waals surface area (Å²) in [6.45, 7) is 7.30. The van der Waals surface area contributed by atoms with E-state index in [0.717, 1.165) is 23.8 Å². The summed E-state index contributed by atoms with van der Waals surface area (Å²) in [6, 6.07) is 1.48. The van der Waals surface area contributed by atoms with Gasteiger partial charge >= 0.3 is 0 Å². The summed E-state index contributed by atoms with van der Waals surface area (Å²) < 4.78 is 0. The van der Waals surface area contributed by atoms with Gasteiger partial charge in [0.1, 0.15) is 0 Å². The average Bonchev–Trinajstić information content (AvgIpc) is 2.89. The van der Waals surface area contributed by atoms with Crippen LogP contribution in [0.4, 0.5) is 0 Å². The van der Waals surface area contributed by atoms with Crippen LogP contribution in [0.5, 0.6) is 0 Å². The van der Waals surface area contributed by atoms with Gasteiger partial charge in [-0.2, -0.15) is 0 Å². The molecule has 2 bridgehead atoms. The Kier molecular flexibility index (Phi) is 3.30. The van der Waals surface area contributed by atoms with Gasteiger partial charge in [-0.05, 0) is 62.2 Å². The summed E-state index contributed by atoms with van der Waals surface area (Å²) in [6.07, 6.45) is 13.4. The van der Waals surface area contributed by atoms with Crippen molar-refractivity contribution in [1.82, 2.24) is 5.32 Å². The smallest absolute Gasteiger partial charge is 0.00754 e. The van der Waals surface area contributed by atoms with Crippen LogP contribution in [0.2, 0.25) is 0 Å². The zero-order valence-corrected chi connectivity index (χ0v) is 12.3. The molecule has 1 N–H and O–H groups in total. The molecule has 0 aromatic carbocycles. The Bertz CT molecular complexity index is 331. The summed E-state index contributed by atoms with van der Waals surface area (Å²) >= 11 is 0. The van der Waals surface area contributed by atoms with E-state index in [4.69, 9.17) is 0 Å². The van der Waals surface area contributed by atoms with E-state index in [2.05, 4.69) is 38.2 Å². The van der Waals surface area contributed by atoms with E-state index in [1.807, 2.05) is 0 Å². The minimum atomic E-state index is 0.560. The van der Waals surface area contributed by atoms with Crippen molar-refractivity contribution in [2.75, 3.05) is 0 Å². The monoisotopic (exact) mass is 247 g/mol. The van der Waals surface area contributed by atoms with Gasteiger partial charge in [0, 0.05) is 12.1 Å². The summed E-state index contributed by atoms with van der Waals surface area (Å²) in [5.74, 6) is 2.70. The van der Waals surface area contributed by atoms with Crippen LogP contribution in [0.1, 0.15) is 59.3 Å². The molecule has 0 heterocycles. The van der Waals surface area contributed by atoms with Gasteiger partial charge in [-0.3, -0.25) is 0 Å². The first kappa shape index (κ1) is 12.7. The topological polar surface area (TPSA) is 12.0 Å². The zero-order chi connectivity index (χ0) is 12.8. The second kappa shape index (κ2) is 4.67. The SMILES string of the molecule is CC(NC1CCCC(C)(C)C1)C1CC2C=CC1C2. The molecule has 0 spiro atoms. The Morgan fingerprint density at radius 2 is 2.06 bits per heavy atom. The number of allylic oxidation sites excluding steroid dienone is 2. The van der Waals surface area contributed by atoms with Gasteiger partial charge in [-0.1, -0.05) is 32.4 Å². The van der Waals surface area contributed by atoms with Crippen LogP contribution in [0.3, 0.4) is 0 Å². The lowest BCUT2D eigenvalue weighted by Crippen LogP contribution is -2.45. The molecule has 0 aromatic rings. The standard InChI is InChI=1S/C17H29N/c1-12(16-10-13-6-7-14(16)9-13)18-15-5-4-8-17(2,3)11-15/h6-7,12-16,18H,4-5,8-11H2,1-3H3. The average molecular weight is 247 g/mol. The van der Waals surface area contributed by atoms with Gasteiger partial charge in [0.05, 0.1) is 0 Å². The largest absolute Gasteiger partial charge is 0.311 e. The van der Waals surface area contributed by atoms with Gasteiger partial charge in [-0.25, -0.2) is 0 Å². The predicted octanol–water partition coefficient (Wildman–Crippen LogP) is 4.15. The highest BCUT2D eigenvalue weighted by atomic mass is 15.0. The lowest BCUT2D eigenvalue weighted by molar-refractivity contribution is 0.175. The Morgan fingerprint density at radius 1 is 1.22 bits per heavy atom. The first-order chi connectivity index (χ1) is 8.53. The molecule has 5 unspecified atom stereocenters. The summed E-state index contributed by atoms with van der Waals surface area (Å²) in [5, 5.41) is 3.97. The molecular formula is C17H29N. The van der Waals surface area contributed by atoms with Crippen LogP contribution in [0, 0.1) is 23.2 Å². The first-order valence-corrected chi connectivity index (χ1v) is 7.98. The highest BCUT2D eigenvalue weighted by Crippen LogP contribution is 2.45. The van der Waals surface area contributed by atoms with E-state index in [0.29, 0.717) is 11.5 Å². The number of fused-ring (bicyclic) bond motifs is 2. The summed E-state index contributed by atoms with van der Waals surface area (Å²) in [7, 11) is 0. The molecule has 3 aliphatic rings. The normalized spacial score (nSPS) is 43.3. The molecule has 0 aromatic heterocycles. The van der Waals surface area contributed by atoms with E-state index in [-0.39, 0.29) is 0 Å². The first-order valence-electron chi connectivity index (χ1n) is 7.98. The Morgan fingerprint density at radius 3 is 2.67 bits per heavy atom. The second-order valence-corrected chi connectivity index (χ2v) is 7.86. The van der Waals surface area contributed by atoms with Crippen molar-refractivity contribution in [3.8, 4) is 0 Å². The summed E-state index contributed by atoms with van der Waals surface area (Å²) in [4.78, 5) is 0. The number of hydrogen-bond acceptors (Lipinski definition) is 1. The maximum Gasteiger partial charge on any atom is 0.00754 e. The fourth-order valence-electron chi connectivity index (χ4n) is 4.73. The lowest BCUT2D eigenvalue weighted by atomic mass is 9.74. The maximum absolute atomic E-state index is 3.97. The van der Waals surface area contributed by atoms with Crippen molar-refractivity contribution in [1.29, 1.82) is 0 Å². The molecule has 2 saturated carbocycles. The van der Waals surface area contributed by atoms with Crippen molar-refractivity contribution in [2.24, 2.45) is 23.2 Å². The Balaban J connectivity index is 1.55. The van der Waals surface area contributed by atoms with Gasteiger partial charge in [0.25, 0.3) is 0 Å². The number of rotatable bonds is 3. The maximum atomic E-state index is 3.97. The fraction of sp³-hybridized carbons (Fsp3) is 0.882. The van der Waals surface area contributed by atoms with Crippen LogP contribution >= 0.6 is 0 Å². The highest BCUT2D eigenvalue weighted by molar-refractivity contribution is 5.11. The number of hydrogen-bond donors (Lipinski definition) is 1. The van der Waals surface area contributed by atoms with Gasteiger partial charge in [0.2, 0.25) is 0 Å². The van der Waals surface area contributed by atoms with E-state index in [1.165, 1.54) is 38.5 Å². The van der Waals surface area contributed by atoms with Crippen LogP contribution < -0.4 is 5.32 Å². The molecule has 0 radical (unpaired) electrons. The Labute approximate surface area is 112 Å². The Hall–Kier alpha value is -0.300. The van der Waals surface area contributed by atoms with Crippen molar-refractivity contribution < 1.29 is 0 Å². The molecular weight excluding hydrogens is 218 g/mol. The summed E-state index contributed by atoms with van der Waals surface area (Å²) in [5.41, 5.74) is 0.560. The molecule has 2 fully saturated rings. The van der Waals surface area contributed by atoms with E-state index in [9.17, 15) is 0 Å². The van der Waals surface area contributed by atoms with E-state index < -0.39 is 0 Å². The van der Waals surface area contributed by atoms with Crippen LogP contribution in [-0.2, 0) is 0 Å². The molecule has 0 aliphatic heterocycles. The second-order valence-electron chi connectivity index (χ2n) is 7.86. The van der Waals surface area contributed by atoms with Gasteiger partial charge in [-0.15, -0.1) is 0 Å². The van der Waals surface area contributed by atoms with E-state index >= 15 is 0 Å². The molecule has 18 heavy (non-hydrogen) atoms. The van der Waals surface area contributed by atoms with E-state index in [1.54, 1.807) is 0 Å². The minimum Gasteiger partial charge on any atom is -0.311 e. The minimum absolute atomic E-state index is 0.560. The van der Waals surface area contributed by atoms with Crippen LogP contribution in [0.25, 0.3) is 0 Å². The quantitative estimate of drug-likeness (QED) is 0.739. The van der Waals surface area contributed by atoms with Crippen LogP contribution in [-0.4, -0.2) is 12.1 Å². The third-order valence-electron chi connectivity index (χ3n) is 5.68. The van der Waals surface area contributed by atoms with Crippen molar-refractivity contribution in [2.45, 2.75) is 71.4 Å². The zero-order valence-electron chi connectivity index (χ0n) is 12.3. The molecule has 0 amide bonds. The highest BCUT2D eigenvalue weighted by Gasteiger charge is 2.39. The molecule has 0 saturated heterocycles. The predicted molar refractivity (Wildman–Crippen MR) is 77.5 cm³/mol. The third kappa shape index (κ3) is 2.52. The van der Waals surface area contributed by atoms with Gasteiger partial charge in [0.15, 0.2) is 0 Å². The lowest BCUT2D eigenvalue weighted by Gasteiger charge is -2.38. The third-order valence-corrected chi connectivity index (χ3v) is 5.68.